The van der Waals surface area contributed by atoms with Crippen LogP contribution in [0.25, 0.3) is 0 Å². The van der Waals surface area contributed by atoms with Crippen molar-refractivity contribution in [3.63, 3.8) is 0 Å². The summed E-state index contributed by atoms with van der Waals surface area (Å²) < 4.78 is 15.3. The van der Waals surface area contributed by atoms with Crippen molar-refractivity contribution in [2.24, 2.45) is 0 Å². The zero-order valence-electron chi connectivity index (χ0n) is 13.7. The lowest BCUT2D eigenvalue weighted by Crippen LogP contribution is -2.27. The average molecular weight is 335 g/mol. The van der Waals surface area contributed by atoms with E-state index >= 15 is 0 Å². The van der Waals surface area contributed by atoms with Crippen LogP contribution in [0.1, 0.15) is 5.69 Å². The lowest BCUT2D eigenvalue weighted by Gasteiger charge is -2.08. The standard InChI is InChI=1S/C15H21N5O4/c1-11-10-13(20-19-11)17-12-4-3-5-14(18-12)24-9-8-23-7-6-16-15(21)22-2/h3-5,10H,6-9H2,1-2H3,(H,16,21)(H2,17,18,19,20). The van der Waals surface area contributed by atoms with Crippen LogP contribution >= 0.6 is 0 Å². The van der Waals surface area contributed by atoms with Crippen molar-refractivity contribution in [2.45, 2.75) is 6.92 Å². The van der Waals surface area contributed by atoms with Crippen LogP contribution in [0, 0.1) is 6.92 Å². The normalized spacial score (nSPS) is 10.2. The van der Waals surface area contributed by atoms with Crippen molar-refractivity contribution in [3.05, 3.63) is 30.0 Å². The molecule has 9 nitrogen and oxygen atoms in total. The first-order valence-electron chi connectivity index (χ1n) is 7.46. The van der Waals surface area contributed by atoms with Gasteiger partial charge in [0.05, 0.1) is 20.3 Å². The molecule has 24 heavy (non-hydrogen) atoms. The zero-order chi connectivity index (χ0) is 17.2. The number of amides is 1. The monoisotopic (exact) mass is 335 g/mol. The highest BCUT2D eigenvalue weighted by atomic mass is 16.5. The fourth-order valence-corrected chi connectivity index (χ4v) is 1.78. The average Bonchev–Trinajstić information content (AvgIpc) is 2.99. The Labute approximate surface area is 139 Å². The number of nitrogens with one attached hydrogen (secondary N) is 3. The summed E-state index contributed by atoms with van der Waals surface area (Å²) in [6.45, 7) is 3.43. The molecular weight excluding hydrogens is 314 g/mol. The Kier molecular flexibility index (Phi) is 6.84. The number of carbonyl (C=O) groups excluding carboxylic acids is 1. The quantitative estimate of drug-likeness (QED) is 0.597. The van der Waals surface area contributed by atoms with Gasteiger partial charge in [-0.2, -0.15) is 10.1 Å². The number of carbonyl (C=O) groups is 1. The molecular formula is C15H21N5O4. The van der Waals surface area contributed by atoms with Crippen molar-refractivity contribution in [3.8, 4) is 5.88 Å². The molecule has 2 rings (SSSR count). The second-order valence-electron chi connectivity index (χ2n) is 4.80. The van der Waals surface area contributed by atoms with Gasteiger partial charge in [-0.05, 0) is 13.0 Å². The summed E-state index contributed by atoms with van der Waals surface area (Å²) in [5, 5.41) is 12.5. The van der Waals surface area contributed by atoms with E-state index in [0.717, 1.165) is 5.69 Å². The van der Waals surface area contributed by atoms with E-state index in [1.54, 1.807) is 6.07 Å². The van der Waals surface area contributed by atoms with Gasteiger partial charge in [0, 0.05) is 24.4 Å². The molecule has 0 spiro atoms. The molecule has 9 heteroatoms. The van der Waals surface area contributed by atoms with Crippen molar-refractivity contribution in [2.75, 3.05) is 38.8 Å². The third-order valence-electron chi connectivity index (χ3n) is 2.86. The number of H-pyrrole nitrogens is 1. The molecule has 0 aliphatic heterocycles. The number of nitrogens with zero attached hydrogens (tertiary/aromatic N) is 2. The predicted octanol–water partition coefficient (Wildman–Crippen LogP) is 1.61. The van der Waals surface area contributed by atoms with Gasteiger partial charge in [0.2, 0.25) is 5.88 Å². The van der Waals surface area contributed by atoms with Crippen LogP contribution in [0.4, 0.5) is 16.4 Å². The molecule has 0 aliphatic carbocycles. The van der Waals surface area contributed by atoms with Crippen molar-refractivity contribution >= 4 is 17.7 Å². The van der Waals surface area contributed by atoms with E-state index in [9.17, 15) is 4.79 Å². The first-order valence-corrected chi connectivity index (χ1v) is 7.46. The molecule has 0 saturated heterocycles. The maximum atomic E-state index is 10.8. The van der Waals surface area contributed by atoms with Crippen LogP contribution in [-0.2, 0) is 9.47 Å². The minimum atomic E-state index is -0.476. The SMILES string of the molecule is COC(=O)NCCOCCOc1cccc(Nc2cc(C)[nH]n2)n1. The number of hydrogen-bond acceptors (Lipinski definition) is 7. The molecule has 0 atom stereocenters. The van der Waals surface area contributed by atoms with E-state index in [4.69, 9.17) is 9.47 Å². The summed E-state index contributed by atoms with van der Waals surface area (Å²) in [5.41, 5.74) is 0.962. The first kappa shape index (κ1) is 17.5. The van der Waals surface area contributed by atoms with E-state index in [1.165, 1.54) is 7.11 Å². The van der Waals surface area contributed by atoms with Crippen molar-refractivity contribution in [1.82, 2.24) is 20.5 Å². The van der Waals surface area contributed by atoms with Gasteiger partial charge in [0.15, 0.2) is 5.82 Å². The Morgan fingerprint density at radius 2 is 2.12 bits per heavy atom. The molecule has 0 unspecified atom stereocenters. The van der Waals surface area contributed by atoms with E-state index in [0.29, 0.717) is 43.9 Å². The molecule has 2 heterocycles. The van der Waals surface area contributed by atoms with E-state index < -0.39 is 6.09 Å². The fraction of sp³-hybridized carbons (Fsp3) is 0.400. The van der Waals surface area contributed by atoms with E-state index in [-0.39, 0.29) is 0 Å². The molecule has 0 aromatic carbocycles. The maximum absolute atomic E-state index is 10.8. The van der Waals surface area contributed by atoms with Gasteiger partial charge >= 0.3 is 6.09 Å². The van der Waals surface area contributed by atoms with E-state index in [1.807, 2.05) is 25.1 Å². The van der Waals surface area contributed by atoms with Gasteiger partial charge in [0.1, 0.15) is 12.4 Å². The molecule has 0 bridgehead atoms. The molecule has 0 saturated carbocycles. The number of ether oxygens (including phenoxy) is 3. The molecule has 1 amide bonds. The van der Waals surface area contributed by atoms with Gasteiger partial charge in [-0.15, -0.1) is 0 Å². The predicted molar refractivity (Wildman–Crippen MR) is 87.6 cm³/mol. The Hall–Kier alpha value is -2.81. The molecule has 130 valence electrons. The van der Waals surface area contributed by atoms with Crippen LogP contribution in [0.2, 0.25) is 0 Å². The van der Waals surface area contributed by atoms with Gasteiger partial charge in [-0.3, -0.25) is 5.10 Å². The van der Waals surface area contributed by atoms with Crippen LogP contribution in [0.5, 0.6) is 5.88 Å². The smallest absolute Gasteiger partial charge is 0.406 e. The second-order valence-corrected chi connectivity index (χ2v) is 4.80. The number of aromatic nitrogens is 3. The molecule has 3 N–H and O–H groups in total. The lowest BCUT2D eigenvalue weighted by molar-refractivity contribution is 0.0982. The molecule has 0 aliphatic rings. The number of alkyl carbamates (subject to hydrolysis) is 1. The summed E-state index contributed by atoms with van der Waals surface area (Å²) in [5.74, 6) is 1.82. The topological polar surface area (TPSA) is 110 Å². The first-order chi connectivity index (χ1) is 11.7. The number of hydrogen-bond donors (Lipinski definition) is 3. The van der Waals surface area contributed by atoms with Gasteiger partial charge in [-0.1, -0.05) is 6.07 Å². The Bertz CT molecular complexity index is 646. The maximum Gasteiger partial charge on any atom is 0.406 e. The summed E-state index contributed by atoms with van der Waals surface area (Å²) in [6, 6.07) is 7.31. The number of anilines is 2. The second kappa shape index (κ2) is 9.36. The molecule has 2 aromatic heterocycles. The summed E-state index contributed by atoms with van der Waals surface area (Å²) in [4.78, 5) is 15.1. The van der Waals surface area contributed by atoms with E-state index in [2.05, 4.69) is 30.6 Å². The van der Waals surface area contributed by atoms with Gasteiger partial charge in [-0.25, -0.2) is 4.79 Å². The van der Waals surface area contributed by atoms with Gasteiger partial charge < -0.3 is 24.8 Å². The Morgan fingerprint density at radius 3 is 2.88 bits per heavy atom. The van der Waals surface area contributed by atoms with Crippen LogP contribution in [0.15, 0.2) is 24.3 Å². The van der Waals surface area contributed by atoms with Crippen LogP contribution in [-0.4, -0.2) is 54.7 Å². The highest BCUT2D eigenvalue weighted by molar-refractivity contribution is 5.66. The lowest BCUT2D eigenvalue weighted by atomic mass is 10.4. The minimum Gasteiger partial charge on any atom is -0.475 e. The Morgan fingerprint density at radius 1 is 1.25 bits per heavy atom. The summed E-state index contributed by atoms with van der Waals surface area (Å²) in [7, 11) is 1.31. The number of aromatic amines is 1. The van der Waals surface area contributed by atoms with Gasteiger partial charge in [0.25, 0.3) is 0 Å². The number of pyridine rings is 1. The van der Waals surface area contributed by atoms with Crippen LogP contribution in [0.3, 0.4) is 0 Å². The summed E-state index contributed by atoms with van der Waals surface area (Å²) in [6.07, 6.45) is -0.476. The summed E-state index contributed by atoms with van der Waals surface area (Å²) >= 11 is 0. The third-order valence-corrected chi connectivity index (χ3v) is 2.86. The number of aryl methyl sites for hydroxylation is 1. The highest BCUT2D eigenvalue weighted by Gasteiger charge is 2.02. The van der Waals surface area contributed by atoms with Crippen molar-refractivity contribution in [1.29, 1.82) is 0 Å². The van der Waals surface area contributed by atoms with Crippen LogP contribution < -0.4 is 15.4 Å². The molecule has 2 aromatic rings. The largest absolute Gasteiger partial charge is 0.475 e. The number of rotatable bonds is 9. The zero-order valence-corrected chi connectivity index (χ0v) is 13.7. The third kappa shape index (κ3) is 6.13. The molecule has 0 radical (unpaired) electrons. The Balaban J connectivity index is 1.66. The minimum absolute atomic E-state index is 0.357. The highest BCUT2D eigenvalue weighted by Crippen LogP contribution is 2.16. The fourth-order valence-electron chi connectivity index (χ4n) is 1.78. The number of methoxy groups -OCH3 is 1. The molecule has 0 fully saturated rings. The van der Waals surface area contributed by atoms with Crippen molar-refractivity contribution < 1.29 is 19.0 Å².